The highest BCUT2D eigenvalue weighted by Gasteiger charge is 2.30. The van der Waals surface area contributed by atoms with E-state index in [0.717, 1.165) is 0 Å². The molecule has 0 radical (unpaired) electrons. The van der Waals surface area contributed by atoms with Gasteiger partial charge >= 0.3 is 0 Å². The first-order chi connectivity index (χ1) is 9.00. The molecular formula is C13H27ClN4O2S. The highest BCUT2D eigenvalue weighted by atomic mass is 35.5. The van der Waals surface area contributed by atoms with Crippen LogP contribution >= 0.6 is 12.4 Å². The molecule has 0 aliphatic carbocycles. The van der Waals surface area contributed by atoms with Crippen LogP contribution in [0.2, 0.25) is 0 Å². The Morgan fingerprint density at radius 1 is 1.33 bits per heavy atom. The Morgan fingerprint density at radius 2 is 1.86 bits per heavy atom. The second-order valence-electron chi connectivity index (χ2n) is 6.27. The zero-order valence-corrected chi connectivity index (χ0v) is 15.2. The average molecular weight is 339 g/mol. The van der Waals surface area contributed by atoms with Gasteiger partial charge in [-0.1, -0.05) is 13.8 Å². The van der Waals surface area contributed by atoms with Gasteiger partial charge in [0.25, 0.3) is 0 Å². The summed E-state index contributed by atoms with van der Waals surface area (Å²) in [6, 6.07) is 0. The van der Waals surface area contributed by atoms with Crippen molar-refractivity contribution in [2.45, 2.75) is 58.5 Å². The number of sulfonamides is 1. The number of hydrogen-bond donors (Lipinski definition) is 2. The lowest BCUT2D eigenvalue weighted by molar-refractivity contribution is 0.460. The summed E-state index contributed by atoms with van der Waals surface area (Å²) in [5.41, 5.74) is 6.09. The topological polar surface area (TPSA) is 90.0 Å². The minimum absolute atomic E-state index is 0. The largest absolute Gasteiger partial charge is 0.329 e. The summed E-state index contributed by atoms with van der Waals surface area (Å²) in [5, 5.41) is 4.34. The van der Waals surface area contributed by atoms with Crippen molar-refractivity contribution in [1.29, 1.82) is 0 Å². The number of nitrogens with one attached hydrogen (secondary N) is 1. The smallest absolute Gasteiger partial charge is 0.244 e. The molecule has 1 heterocycles. The second-order valence-corrected chi connectivity index (χ2v) is 7.89. The van der Waals surface area contributed by atoms with Crippen LogP contribution in [0.4, 0.5) is 0 Å². The summed E-state index contributed by atoms with van der Waals surface area (Å²) in [6.07, 6.45) is 0. The Hall–Kier alpha value is -0.630. The van der Waals surface area contributed by atoms with E-state index in [0.29, 0.717) is 23.9 Å². The number of nitrogens with two attached hydrogens (primary N) is 1. The van der Waals surface area contributed by atoms with Gasteiger partial charge in [0.15, 0.2) is 0 Å². The number of aryl methyl sites for hydroxylation is 1. The summed E-state index contributed by atoms with van der Waals surface area (Å²) in [6.45, 7) is 12.1. The average Bonchev–Trinajstić information content (AvgIpc) is 2.52. The second kappa shape index (κ2) is 7.09. The standard InChI is InChI=1S/C13H26N4O2S.ClH/c1-9(2)7-17-11(4)12(10(3)15-17)20(18,19)16-13(5,6)8-14;/h9,16H,7-8,14H2,1-6H3;1H. The van der Waals surface area contributed by atoms with Crippen LogP contribution in [0.15, 0.2) is 4.90 Å². The molecule has 3 N–H and O–H groups in total. The molecule has 0 aliphatic rings. The van der Waals surface area contributed by atoms with Crippen LogP contribution in [0.1, 0.15) is 39.1 Å². The third-order valence-corrected chi connectivity index (χ3v) is 4.99. The summed E-state index contributed by atoms with van der Waals surface area (Å²) >= 11 is 0. The Balaban J connectivity index is 0.00000400. The molecule has 1 rings (SSSR count). The third-order valence-electron chi connectivity index (χ3n) is 3.04. The number of hydrogen-bond acceptors (Lipinski definition) is 4. The maximum Gasteiger partial charge on any atom is 0.244 e. The molecule has 0 saturated carbocycles. The normalized spacial score (nSPS) is 12.6. The van der Waals surface area contributed by atoms with Crippen molar-refractivity contribution in [1.82, 2.24) is 14.5 Å². The highest BCUT2D eigenvalue weighted by molar-refractivity contribution is 7.89. The predicted octanol–water partition coefficient (Wildman–Crippen LogP) is 1.59. The lowest BCUT2D eigenvalue weighted by Gasteiger charge is -2.23. The van der Waals surface area contributed by atoms with Gasteiger partial charge in [0.1, 0.15) is 4.90 Å². The van der Waals surface area contributed by atoms with Gasteiger partial charge in [-0.15, -0.1) is 12.4 Å². The van der Waals surface area contributed by atoms with Crippen molar-refractivity contribution in [3.63, 3.8) is 0 Å². The van der Waals surface area contributed by atoms with Gasteiger partial charge in [0, 0.05) is 18.6 Å². The first-order valence-corrected chi connectivity index (χ1v) is 8.26. The zero-order chi connectivity index (χ0) is 15.7. The van der Waals surface area contributed by atoms with Crippen LogP contribution in [0.25, 0.3) is 0 Å². The predicted molar refractivity (Wildman–Crippen MR) is 87.2 cm³/mol. The molecule has 0 atom stereocenters. The summed E-state index contributed by atoms with van der Waals surface area (Å²) in [4.78, 5) is 0.264. The van der Waals surface area contributed by atoms with E-state index in [1.807, 2.05) is 0 Å². The maximum absolute atomic E-state index is 12.5. The maximum atomic E-state index is 12.5. The van der Waals surface area contributed by atoms with Crippen LogP contribution in [0.3, 0.4) is 0 Å². The van der Waals surface area contributed by atoms with Gasteiger partial charge in [-0.2, -0.15) is 5.10 Å². The zero-order valence-electron chi connectivity index (χ0n) is 13.6. The van der Waals surface area contributed by atoms with E-state index in [-0.39, 0.29) is 23.8 Å². The Morgan fingerprint density at radius 3 is 2.29 bits per heavy atom. The fraction of sp³-hybridized carbons (Fsp3) is 0.769. The molecular weight excluding hydrogens is 312 g/mol. The van der Waals surface area contributed by atoms with Gasteiger partial charge in [-0.05, 0) is 33.6 Å². The van der Waals surface area contributed by atoms with Crippen LogP contribution in [-0.2, 0) is 16.6 Å². The lowest BCUT2D eigenvalue weighted by Crippen LogP contribution is -2.48. The van der Waals surface area contributed by atoms with E-state index in [1.165, 1.54) is 0 Å². The van der Waals surface area contributed by atoms with Crippen molar-refractivity contribution in [3.8, 4) is 0 Å². The number of nitrogens with zero attached hydrogens (tertiary/aromatic N) is 2. The van der Waals surface area contributed by atoms with Crippen molar-refractivity contribution < 1.29 is 8.42 Å². The molecule has 21 heavy (non-hydrogen) atoms. The molecule has 1 aromatic heterocycles. The first-order valence-electron chi connectivity index (χ1n) is 6.78. The van der Waals surface area contributed by atoms with Crippen LogP contribution in [-0.4, -0.2) is 30.3 Å². The van der Waals surface area contributed by atoms with Gasteiger partial charge in [0.05, 0.1) is 11.4 Å². The van der Waals surface area contributed by atoms with E-state index < -0.39 is 15.6 Å². The molecule has 0 aliphatic heterocycles. The van der Waals surface area contributed by atoms with Gasteiger partial charge < -0.3 is 5.73 Å². The van der Waals surface area contributed by atoms with Crippen molar-refractivity contribution in [2.24, 2.45) is 11.7 Å². The fourth-order valence-electron chi connectivity index (χ4n) is 2.05. The molecule has 0 aromatic carbocycles. The summed E-state index contributed by atoms with van der Waals surface area (Å²) < 4.78 is 29.4. The molecule has 124 valence electrons. The van der Waals surface area contributed by atoms with E-state index >= 15 is 0 Å². The van der Waals surface area contributed by atoms with E-state index in [9.17, 15) is 8.42 Å². The minimum Gasteiger partial charge on any atom is -0.329 e. The van der Waals surface area contributed by atoms with E-state index in [1.54, 1.807) is 32.4 Å². The Labute approximate surface area is 133 Å². The monoisotopic (exact) mass is 338 g/mol. The molecule has 0 fully saturated rings. The third kappa shape index (κ3) is 4.95. The molecule has 0 saturated heterocycles. The quantitative estimate of drug-likeness (QED) is 0.824. The number of rotatable bonds is 6. The van der Waals surface area contributed by atoms with E-state index in [2.05, 4.69) is 23.7 Å². The SMILES string of the molecule is Cc1nn(CC(C)C)c(C)c1S(=O)(=O)NC(C)(C)CN.Cl. The Kier molecular flexibility index (Phi) is 6.87. The first kappa shape index (κ1) is 20.4. The minimum atomic E-state index is -3.62. The molecule has 0 unspecified atom stereocenters. The summed E-state index contributed by atoms with van der Waals surface area (Å²) in [5.74, 6) is 0.400. The van der Waals surface area contributed by atoms with Gasteiger partial charge in [-0.25, -0.2) is 13.1 Å². The highest BCUT2D eigenvalue weighted by Crippen LogP contribution is 2.21. The van der Waals surface area contributed by atoms with Crippen LogP contribution in [0.5, 0.6) is 0 Å². The lowest BCUT2D eigenvalue weighted by atomic mass is 10.1. The number of halogens is 1. The van der Waals surface area contributed by atoms with Crippen molar-refractivity contribution in [2.75, 3.05) is 6.54 Å². The molecule has 6 nitrogen and oxygen atoms in total. The molecule has 1 aromatic rings. The molecule has 0 amide bonds. The number of aromatic nitrogens is 2. The van der Waals surface area contributed by atoms with E-state index in [4.69, 9.17) is 5.73 Å². The Bertz CT molecular complexity index is 579. The van der Waals surface area contributed by atoms with Crippen molar-refractivity contribution >= 4 is 22.4 Å². The van der Waals surface area contributed by atoms with Gasteiger partial charge in [-0.3, -0.25) is 4.68 Å². The van der Waals surface area contributed by atoms with Gasteiger partial charge in [0.2, 0.25) is 10.0 Å². The fourth-order valence-corrected chi connectivity index (χ4v) is 3.89. The molecule has 0 bridgehead atoms. The summed E-state index contributed by atoms with van der Waals surface area (Å²) in [7, 11) is -3.62. The van der Waals surface area contributed by atoms with Crippen molar-refractivity contribution in [3.05, 3.63) is 11.4 Å². The molecule has 8 heteroatoms. The van der Waals surface area contributed by atoms with Crippen LogP contribution < -0.4 is 10.5 Å². The van der Waals surface area contributed by atoms with Crippen LogP contribution in [0, 0.1) is 19.8 Å². The molecule has 0 spiro atoms.